The Morgan fingerprint density at radius 3 is 2.80 bits per heavy atom. The van der Waals surface area contributed by atoms with Crippen LogP contribution >= 0.6 is 11.8 Å². The van der Waals surface area contributed by atoms with Crippen molar-refractivity contribution in [2.24, 2.45) is 0 Å². The molecule has 1 amide bonds. The Labute approximate surface area is 152 Å². The molecule has 0 saturated carbocycles. The Kier molecular flexibility index (Phi) is 7.70. The summed E-state index contributed by atoms with van der Waals surface area (Å²) >= 11 is 1.63. The quantitative estimate of drug-likeness (QED) is 0.527. The monoisotopic (exact) mass is 358 g/mol. The number of hydrogen-bond donors (Lipinski definition) is 1. The van der Waals surface area contributed by atoms with E-state index in [1.54, 1.807) is 17.8 Å². The number of hydrogen-bond acceptors (Lipinski definition) is 3. The SMILES string of the molecule is C=CCSc1ccccc1NC(=O)CN(CC)Cc1cccc(F)c1. The Hall–Kier alpha value is -2.11. The van der Waals surface area contributed by atoms with Crippen molar-refractivity contribution >= 4 is 23.4 Å². The molecule has 132 valence electrons. The lowest BCUT2D eigenvalue weighted by Gasteiger charge is -2.20. The maximum atomic E-state index is 13.3. The van der Waals surface area contributed by atoms with Crippen LogP contribution in [-0.4, -0.2) is 29.6 Å². The van der Waals surface area contributed by atoms with Gasteiger partial charge in [0, 0.05) is 17.2 Å². The highest BCUT2D eigenvalue weighted by molar-refractivity contribution is 7.99. The van der Waals surface area contributed by atoms with Gasteiger partial charge >= 0.3 is 0 Å². The first-order valence-corrected chi connectivity index (χ1v) is 9.20. The molecular formula is C20H23FN2OS. The zero-order valence-corrected chi connectivity index (χ0v) is 15.2. The third-order valence-electron chi connectivity index (χ3n) is 3.63. The zero-order chi connectivity index (χ0) is 18.1. The predicted molar refractivity (Wildman–Crippen MR) is 103 cm³/mol. The molecular weight excluding hydrogens is 335 g/mol. The van der Waals surface area contributed by atoms with Crippen molar-refractivity contribution in [1.82, 2.24) is 4.90 Å². The summed E-state index contributed by atoms with van der Waals surface area (Å²) in [4.78, 5) is 15.4. The molecule has 0 aliphatic carbocycles. The van der Waals surface area contributed by atoms with E-state index in [4.69, 9.17) is 0 Å². The largest absolute Gasteiger partial charge is 0.324 e. The molecule has 2 aromatic rings. The fourth-order valence-corrected chi connectivity index (χ4v) is 3.16. The van der Waals surface area contributed by atoms with Crippen molar-refractivity contribution in [2.75, 3.05) is 24.2 Å². The molecule has 0 atom stereocenters. The molecule has 0 unspecified atom stereocenters. The van der Waals surface area contributed by atoms with Crippen molar-refractivity contribution in [1.29, 1.82) is 0 Å². The maximum Gasteiger partial charge on any atom is 0.238 e. The molecule has 0 aromatic heterocycles. The number of para-hydroxylation sites is 1. The number of halogens is 1. The lowest BCUT2D eigenvalue weighted by molar-refractivity contribution is -0.117. The summed E-state index contributed by atoms with van der Waals surface area (Å²) in [6.45, 7) is 7.21. The van der Waals surface area contributed by atoms with E-state index in [0.717, 1.165) is 21.9 Å². The van der Waals surface area contributed by atoms with E-state index in [0.29, 0.717) is 13.1 Å². The van der Waals surface area contributed by atoms with Gasteiger partial charge in [-0.1, -0.05) is 37.3 Å². The van der Waals surface area contributed by atoms with Gasteiger partial charge in [0.1, 0.15) is 5.82 Å². The van der Waals surface area contributed by atoms with Gasteiger partial charge in [0.2, 0.25) is 5.91 Å². The predicted octanol–water partition coefficient (Wildman–Crippen LogP) is 4.56. The van der Waals surface area contributed by atoms with Crippen LogP contribution in [0.3, 0.4) is 0 Å². The van der Waals surface area contributed by atoms with Gasteiger partial charge in [0.15, 0.2) is 0 Å². The Balaban J connectivity index is 1.97. The zero-order valence-electron chi connectivity index (χ0n) is 14.4. The number of carbonyl (C=O) groups is 1. The first-order valence-electron chi connectivity index (χ1n) is 8.21. The van der Waals surface area contributed by atoms with Crippen molar-refractivity contribution in [3.8, 4) is 0 Å². The van der Waals surface area contributed by atoms with Crippen LogP contribution in [0.25, 0.3) is 0 Å². The first-order chi connectivity index (χ1) is 12.1. The molecule has 0 fully saturated rings. The topological polar surface area (TPSA) is 32.3 Å². The highest BCUT2D eigenvalue weighted by Crippen LogP contribution is 2.26. The highest BCUT2D eigenvalue weighted by atomic mass is 32.2. The van der Waals surface area contributed by atoms with Crippen LogP contribution in [0.5, 0.6) is 0 Å². The number of nitrogens with zero attached hydrogens (tertiary/aromatic N) is 1. The van der Waals surface area contributed by atoms with Crippen molar-refractivity contribution in [2.45, 2.75) is 18.4 Å². The number of benzene rings is 2. The van der Waals surface area contributed by atoms with E-state index in [1.807, 2.05) is 48.2 Å². The molecule has 0 spiro atoms. The number of likely N-dealkylation sites (N-methyl/N-ethyl adjacent to an activating group) is 1. The summed E-state index contributed by atoms with van der Waals surface area (Å²) in [6, 6.07) is 14.2. The van der Waals surface area contributed by atoms with Gasteiger partial charge in [-0.3, -0.25) is 9.69 Å². The fourth-order valence-electron chi connectivity index (χ4n) is 2.41. The summed E-state index contributed by atoms with van der Waals surface area (Å²) in [5.41, 5.74) is 1.66. The van der Waals surface area contributed by atoms with Gasteiger partial charge < -0.3 is 5.32 Å². The first kappa shape index (κ1) is 19.2. The van der Waals surface area contributed by atoms with Gasteiger partial charge in [-0.2, -0.15) is 0 Å². The van der Waals surface area contributed by atoms with E-state index in [-0.39, 0.29) is 18.3 Å². The minimum absolute atomic E-state index is 0.0788. The van der Waals surface area contributed by atoms with Crippen molar-refractivity contribution in [3.05, 3.63) is 72.6 Å². The van der Waals surface area contributed by atoms with Crippen LogP contribution in [0, 0.1) is 5.82 Å². The number of thioether (sulfide) groups is 1. The molecule has 0 radical (unpaired) electrons. The van der Waals surface area contributed by atoms with Crippen molar-refractivity contribution in [3.63, 3.8) is 0 Å². The van der Waals surface area contributed by atoms with Crippen LogP contribution in [0.2, 0.25) is 0 Å². The number of nitrogens with one attached hydrogen (secondary N) is 1. The van der Waals surface area contributed by atoms with Crippen LogP contribution < -0.4 is 5.32 Å². The molecule has 2 rings (SSSR count). The van der Waals surface area contributed by atoms with E-state index in [2.05, 4.69) is 11.9 Å². The number of anilines is 1. The lowest BCUT2D eigenvalue weighted by Crippen LogP contribution is -2.32. The smallest absolute Gasteiger partial charge is 0.238 e. The molecule has 1 N–H and O–H groups in total. The normalized spacial score (nSPS) is 10.7. The van der Waals surface area contributed by atoms with Crippen LogP contribution in [0.1, 0.15) is 12.5 Å². The van der Waals surface area contributed by atoms with Crippen LogP contribution in [0.15, 0.2) is 66.1 Å². The Morgan fingerprint density at radius 1 is 1.28 bits per heavy atom. The summed E-state index contributed by atoms with van der Waals surface area (Å²) in [6.07, 6.45) is 1.83. The van der Waals surface area contributed by atoms with Gasteiger partial charge in [0.25, 0.3) is 0 Å². The number of rotatable bonds is 9. The van der Waals surface area contributed by atoms with E-state index in [1.165, 1.54) is 12.1 Å². The number of carbonyl (C=O) groups excluding carboxylic acids is 1. The van der Waals surface area contributed by atoms with Gasteiger partial charge in [0.05, 0.1) is 12.2 Å². The third-order valence-corrected chi connectivity index (χ3v) is 4.70. The average Bonchev–Trinajstić information content (AvgIpc) is 2.60. The minimum Gasteiger partial charge on any atom is -0.324 e. The molecule has 5 heteroatoms. The minimum atomic E-state index is -0.258. The second-order valence-corrected chi connectivity index (χ2v) is 6.64. The molecule has 0 aliphatic heterocycles. The standard InChI is InChI=1S/C20H23FN2OS/c1-3-12-25-19-11-6-5-10-18(19)22-20(24)15-23(4-2)14-16-8-7-9-17(21)13-16/h3,5-11,13H,1,4,12,14-15H2,2H3,(H,22,24). The fraction of sp³-hybridized carbons (Fsp3) is 0.250. The molecule has 0 saturated heterocycles. The van der Waals surface area contributed by atoms with E-state index < -0.39 is 0 Å². The lowest BCUT2D eigenvalue weighted by atomic mass is 10.2. The Morgan fingerprint density at radius 2 is 2.08 bits per heavy atom. The van der Waals surface area contributed by atoms with Gasteiger partial charge in [-0.05, 0) is 36.4 Å². The molecule has 0 bridgehead atoms. The van der Waals surface area contributed by atoms with Crippen LogP contribution in [0.4, 0.5) is 10.1 Å². The second kappa shape index (κ2) is 10.0. The molecule has 0 aliphatic rings. The molecule has 0 heterocycles. The van der Waals surface area contributed by atoms with Crippen LogP contribution in [-0.2, 0) is 11.3 Å². The molecule has 25 heavy (non-hydrogen) atoms. The highest BCUT2D eigenvalue weighted by Gasteiger charge is 2.12. The second-order valence-electron chi connectivity index (χ2n) is 5.58. The summed E-state index contributed by atoms with van der Waals surface area (Å²) in [5.74, 6) is 0.448. The summed E-state index contributed by atoms with van der Waals surface area (Å²) in [5, 5.41) is 2.97. The Bertz CT molecular complexity index is 720. The molecule has 3 nitrogen and oxygen atoms in total. The molecule has 2 aromatic carbocycles. The third kappa shape index (κ3) is 6.36. The van der Waals surface area contributed by atoms with Gasteiger partial charge in [-0.25, -0.2) is 4.39 Å². The summed E-state index contributed by atoms with van der Waals surface area (Å²) < 4.78 is 13.3. The maximum absolute atomic E-state index is 13.3. The van der Waals surface area contributed by atoms with Crippen molar-refractivity contribution < 1.29 is 9.18 Å². The average molecular weight is 358 g/mol. The van der Waals surface area contributed by atoms with E-state index in [9.17, 15) is 9.18 Å². The number of amides is 1. The van der Waals surface area contributed by atoms with E-state index >= 15 is 0 Å². The van der Waals surface area contributed by atoms with Gasteiger partial charge in [-0.15, -0.1) is 18.3 Å². The summed E-state index contributed by atoms with van der Waals surface area (Å²) in [7, 11) is 0.